The summed E-state index contributed by atoms with van der Waals surface area (Å²) in [5, 5.41) is 6.44. The predicted molar refractivity (Wildman–Crippen MR) is 101 cm³/mol. The van der Waals surface area contributed by atoms with Crippen LogP contribution in [-0.4, -0.2) is 24.2 Å². The van der Waals surface area contributed by atoms with Crippen molar-refractivity contribution in [3.8, 4) is 0 Å². The van der Waals surface area contributed by atoms with E-state index in [1.54, 1.807) is 0 Å². The Kier molecular flexibility index (Phi) is 7.02. The highest BCUT2D eigenvalue weighted by atomic mass is 16.5. The van der Waals surface area contributed by atoms with Gasteiger partial charge in [-0.15, -0.1) is 0 Å². The minimum atomic E-state index is -0.388. The minimum absolute atomic E-state index is 0.00936. The second-order valence-corrected chi connectivity index (χ2v) is 7.22. The molecule has 0 heterocycles. The fourth-order valence-corrected chi connectivity index (χ4v) is 2.43. The summed E-state index contributed by atoms with van der Waals surface area (Å²) in [6, 6.07) is 19.8. The molecule has 0 aliphatic rings. The van der Waals surface area contributed by atoms with Crippen LogP contribution in [0.15, 0.2) is 60.7 Å². The van der Waals surface area contributed by atoms with Gasteiger partial charge in [-0.3, -0.25) is 0 Å². The number of hydrogen-bond donors (Lipinski definition) is 2. The molecule has 0 radical (unpaired) electrons. The first kappa shape index (κ1) is 19.0. The van der Waals surface area contributed by atoms with Crippen LogP contribution in [0, 0.1) is 0 Å². The number of alkyl carbamates (subject to hydrolysis) is 1. The molecule has 25 heavy (non-hydrogen) atoms. The molecule has 0 bridgehead atoms. The third kappa shape index (κ3) is 7.86. The number of carbonyl (C=O) groups excluding carboxylic acids is 1. The third-order valence-corrected chi connectivity index (χ3v) is 3.74. The Morgan fingerprint density at radius 2 is 1.52 bits per heavy atom. The predicted octanol–water partition coefficient (Wildman–Crippen LogP) is 3.91. The molecule has 134 valence electrons. The lowest BCUT2D eigenvalue weighted by Gasteiger charge is -2.26. The third-order valence-electron chi connectivity index (χ3n) is 3.74. The van der Waals surface area contributed by atoms with Gasteiger partial charge in [-0.25, -0.2) is 4.79 Å². The standard InChI is InChI=1S/C21H28N2O2/c1-21(2,3)22-15-19(14-17-10-6-4-7-11-17)23-20(24)25-16-18-12-8-5-9-13-18/h4-13,19,22H,14-16H2,1-3H3,(H,23,24). The molecule has 0 aromatic heterocycles. The van der Waals surface area contributed by atoms with Crippen molar-refractivity contribution in [2.24, 2.45) is 0 Å². The zero-order chi connectivity index (χ0) is 18.1. The normalized spacial score (nSPS) is 12.4. The maximum absolute atomic E-state index is 12.2. The molecule has 4 nitrogen and oxygen atoms in total. The molecule has 0 saturated carbocycles. The maximum atomic E-state index is 12.2. The van der Waals surface area contributed by atoms with Crippen molar-refractivity contribution in [3.05, 3.63) is 71.8 Å². The number of rotatable bonds is 7. The van der Waals surface area contributed by atoms with E-state index in [0.717, 1.165) is 12.0 Å². The summed E-state index contributed by atoms with van der Waals surface area (Å²) < 4.78 is 5.35. The van der Waals surface area contributed by atoms with E-state index in [4.69, 9.17) is 4.74 Å². The van der Waals surface area contributed by atoms with Gasteiger partial charge >= 0.3 is 6.09 Å². The highest BCUT2D eigenvalue weighted by Gasteiger charge is 2.17. The molecule has 2 N–H and O–H groups in total. The number of hydrogen-bond acceptors (Lipinski definition) is 3. The molecule has 1 amide bonds. The van der Waals surface area contributed by atoms with Crippen LogP contribution in [0.2, 0.25) is 0 Å². The quantitative estimate of drug-likeness (QED) is 0.803. The van der Waals surface area contributed by atoms with E-state index in [1.807, 2.05) is 48.5 Å². The lowest BCUT2D eigenvalue weighted by molar-refractivity contribution is 0.135. The Balaban J connectivity index is 1.90. The van der Waals surface area contributed by atoms with Crippen molar-refractivity contribution >= 4 is 6.09 Å². The summed E-state index contributed by atoms with van der Waals surface area (Å²) in [5.41, 5.74) is 2.15. The molecular weight excluding hydrogens is 312 g/mol. The first-order valence-electron chi connectivity index (χ1n) is 8.68. The van der Waals surface area contributed by atoms with Gasteiger partial charge in [0.05, 0.1) is 0 Å². The fraction of sp³-hybridized carbons (Fsp3) is 0.381. The summed E-state index contributed by atoms with van der Waals surface area (Å²) in [7, 11) is 0. The smallest absolute Gasteiger partial charge is 0.407 e. The first-order chi connectivity index (χ1) is 11.9. The molecule has 2 aromatic rings. The van der Waals surface area contributed by atoms with Crippen LogP contribution in [0.25, 0.3) is 0 Å². The summed E-state index contributed by atoms with van der Waals surface area (Å²) in [6.45, 7) is 7.29. The van der Waals surface area contributed by atoms with Gasteiger partial charge < -0.3 is 15.4 Å². The van der Waals surface area contributed by atoms with Gasteiger partial charge in [-0.05, 0) is 38.3 Å². The summed E-state index contributed by atoms with van der Waals surface area (Å²) >= 11 is 0. The topological polar surface area (TPSA) is 50.4 Å². The van der Waals surface area contributed by atoms with Crippen LogP contribution in [0.3, 0.4) is 0 Å². The Morgan fingerprint density at radius 3 is 2.08 bits per heavy atom. The van der Waals surface area contributed by atoms with Crippen LogP contribution in [0.4, 0.5) is 4.79 Å². The zero-order valence-electron chi connectivity index (χ0n) is 15.3. The van der Waals surface area contributed by atoms with E-state index in [1.165, 1.54) is 5.56 Å². The van der Waals surface area contributed by atoms with Gasteiger partial charge in [0.1, 0.15) is 6.61 Å². The van der Waals surface area contributed by atoms with E-state index < -0.39 is 0 Å². The number of amides is 1. The van der Waals surface area contributed by atoms with E-state index in [2.05, 4.69) is 43.5 Å². The van der Waals surface area contributed by atoms with Crippen LogP contribution >= 0.6 is 0 Å². The fourth-order valence-electron chi connectivity index (χ4n) is 2.43. The molecule has 0 aliphatic heterocycles. The Bertz CT molecular complexity index is 636. The van der Waals surface area contributed by atoms with E-state index >= 15 is 0 Å². The zero-order valence-corrected chi connectivity index (χ0v) is 15.3. The number of carbonyl (C=O) groups is 1. The van der Waals surface area contributed by atoms with E-state index in [9.17, 15) is 4.79 Å². The highest BCUT2D eigenvalue weighted by molar-refractivity contribution is 5.67. The molecule has 0 saturated heterocycles. The molecule has 4 heteroatoms. The number of ether oxygens (including phenoxy) is 1. The van der Waals surface area contributed by atoms with E-state index in [-0.39, 0.29) is 24.3 Å². The van der Waals surface area contributed by atoms with Gasteiger partial charge in [0.2, 0.25) is 0 Å². The van der Waals surface area contributed by atoms with Crippen LogP contribution in [0.5, 0.6) is 0 Å². The number of benzene rings is 2. The molecule has 0 fully saturated rings. The molecule has 1 atom stereocenters. The lowest BCUT2D eigenvalue weighted by atomic mass is 10.0. The minimum Gasteiger partial charge on any atom is -0.445 e. The second-order valence-electron chi connectivity index (χ2n) is 7.22. The van der Waals surface area contributed by atoms with Crippen molar-refractivity contribution in [2.45, 2.75) is 45.4 Å². The Hall–Kier alpha value is -2.33. The molecule has 1 unspecified atom stereocenters. The van der Waals surface area contributed by atoms with Gasteiger partial charge in [0, 0.05) is 18.1 Å². The Labute approximate surface area is 150 Å². The SMILES string of the molecule is CC(C)(C)NCC(Cc1ccccc1)NC(=O)OCc1ccccc1. The van der Waals surface area contributed by atoms with Gasteiger partial charge in [-0.2, -0.15) is 0 Å². The Morgan fingerprint density at radius 1 is 0.960 bits per heavy atom. The average molecular weight is 340 g/mol. The number of nitrogens with one attached hydrogen (secondary N) is 2. The van der Waals surface area contributed by atoms with Crippen molar-refractivity contribution in [1.29, 1.82) is 0 Å². The van der Waals surface area contributed by atoms with Gasteiger partial charge in [0.25, 0.3) is 0 Å². The summed E-state index contributed by atoms with van der Waals surface area (Å²) in [6.07, 6.45) is 0.366. The first-order valence-corrected chi connectivity index (χ1v) is 8.68. The van der Waals surface area contributed by atoms with Crippen molar-refractivity contribution in [2.75, 3.05) is 6.54 Å². The molecule has 0 aliphatic carbocycles. The average Bonchev–Trinajstić information content (AvgIpc) is 2.59. The van der Waals surface area contributed by atoms with Crippen molar-refractivity contribution in [3.63, 3.8) is 0 Å². The molecular formula is C21H28N2O2. The van der Waals surface area contributed by atoms with Crippen molar-refractivity contribution in [1.82, 2.24) is 10.6 Å². The van der Waals surface area contributed by atoms with Crippen LogP contribution in [0.1, 0.15) is 31.9 Å². The van der Waals surface area contributed by atoms with E-state index in [0.29, 0.717) is 6.54 Å². The van der Waals surface area contributed by atoms with Crippen LogP contribution in [-0.2, 0) is 17.8 Å². The second kappa shape index (κ2) is 9.23. The maximum Gasteiger partial charge on any atom is 0.407 e. The molecule has 2 rings (SSSR count). The molecule has 0 spiro atoms. The lowest BCUT2D eigenvalue weighted by Crippen LogP contribution is -2.48. The largest absolute Gasteiger partial charge is 0.445 e. The van der Waals surface area contributed by atoms with Gasteiger partial charge in [-0.1, -0.05) is 60.7 Å². The van der Waals surface area contributed by atoms with Crippen molar-refractivity contribution < 1.29 is 9.53 Å². The van der Waals surface area contributed by atoms with Crippen LogP contribution < -0.4 is 10.6 Å². The van der Waals surface area contributed by atoms with Gasteiger partial charge in [0.15, 0.2) is 0 Å². The molecule has 2 aromatic carbocycles. The summed E-state index contributed by atoms with van der Waals surface area (Å²) in [5.74, 6) is 0. The highest BCUT2D eigenvalue weighted by Crippen LogP contribution is 2.06. The monoisotopic (exact) mass is 340 g/mol. The summed E-state index contributed by atoms with van der Waals surface area (Å²) in [4.78, 5) is 12.2.